The first-order valence-electron chi connectivity index (χ1n) is 3.11. The van der Waals surface area contributed by atoms with Crippen LogP contribution in [0.3, 0.4) is 0 Å². The predicted octanol–water partition coefficient (Wildman–Crippen LogP) is 0.881. The quantitative estimate of drug-likeness (QED) is 0.510. The molecule has 4 heteroatoms. The molecule has 56 valence electrons. The van der Waals surface area contributed by atoms with Crippen molar-refractivity contribution in [3.8, 4) is 0 Å². The summed E-state index contributed by atoms with van der Waals surface area (Å²) in [5.41, 5.74) is -0.239. The van der Waals surface area contributed by atoms with Crippen molar-refractivity contribution in [2.75, 3.05) is 0 Å². The second-order valence-corrected chi connectivity index (χ2v) is 2.88. The van der Waals surface area contributed by atoms with E-state index in [0.717, 1.165) is 0 Å². The van der Waals surface area contributed by atoms with Crippen molar-refractivity contribution in [3.05, 3.63) is 0 Å². The van der Waals surface area contributed by atoms with Crippen molar-refractivity contribution in [2.45, 2.75) is 25.8 Å². The van der Waals surface area contributed by atoms with Crippen LogP contribution in [0.2, 0.25) is 0 Å². The molecule has 1 amide bonds. The first kappa shape index (κ1) is 7.05. The van der Waals surface area contributed by atoms with Crippen LogP contribution >= 0.6 is 0 Å². The molecule has 0 aliphatic carbocycles. The van der Waals surface area contributed by atoms with Gasteiger partial charge in [0.25, 0.3) is 0 Å². The van der Waals surface area contributed by atoms with Crippen LogP contribution in [-0.2, 0) is 4.84 Å². The number of amides is 1. The van der Waals surface area contributed by atoms with Gasteiger partial charge in [0.05, 0.1) is 0 Å². The number of carbonyl (C=O) groups is 1. The maximum Gasteiger partial charge on any atom is 0.433 e. The van der Waals surface area contributed by atoms with Gasteiger partial charge in [0.2, 0.25) is 0 Å². The van der Waals surface area contributed by atoms with Gasteiger partial charge in [-0.15, -0.1) is 0 Å². The lowest BCUT2D eigenvalue weighted by Crippen LogP contribution is -2.41. The first-order chi connectivity index (χ1) is 4.60. The van der Waals surface area contributed by atoms with Gasteiger partial charge in [-0.1, -0.05) is 5.16 Å². The number of nitrogens with zero attached hydrogens (tertiary/aromatic N) is 1. The maximum atomic E-state index is 10.7. The summed E-state index contributed by atoms with van der Waals surface area (Å²) >= 11 is 0. The van der Waals surface area contributed by atoms with E-state index in [9.17, 15) is 4.79 Å². The van der Waals surface area contributed by atoms with Gasteiger partial charge in [-0.3, -0.25) is 4.84 Å². The monoisotopic (exact) mass is 142 g/mol. The molecule has 10 heavy (non-hydrogen) atoms. The minimum Gasteiger partial charge on any atom is -0.314 e. The summed E-state index contributed by atoms with van der Waals surface area (Å²) in [5.74, 6) is 0. The van der Waals surface area contributed by atoms with Gasteiger partial charge >= 0.3 is 6.09 Å². The zero-order valence-corrected chi connectivity index (χ0v) is 6.05. The molecule has 1 N–H and O–H groups in total. The third-order valence-corrected chi connectivity index (χ3v) is 1.25. The van der Waals surface area contributed by atoms with Crippen LogP contribution in [0, 0.1) is 0 Å². The van der Waals surface area contributed by atoms with Gasteiger partial charge < -0.3 is 5.32 Å². The Morgan fingerprint density at radius 2 is 2.50 bits per heavy atom. The Balaban J connectivity index is 2.66. The molecule has 0 spiro atoms. The Labute approximate surface area is 59.2 Å². The van der Waals surface area contributed by atoms with Gasteiger partial charge in [0.1, 0.15) is 0 Å². The lowest BCUT2D eigenvalue weighted by Gasteiger charge is -2.20. The van der Waals surface area contributed by atoms with E-state index in [4.69, 9.17) is 0 Å². The van der Waals surface area contributed by atoms with Crippen LogP contribution in [0.25, 0.3) is 0 Å². The lowest BCUT2D eigenvalue weighted by atomic mass is 10.0. The highest BCUT2D eigenvalue weighted by molar-refractivity contribution is 5.72. The fourth-order valence-electron chi connectivity index (χ4n) is 0.701. The lowest BCUT2D eigenvalue weighted by molar-refractivity contribution is 0.146. The fraction of sp³-hybridized carbons (Fsp3) is 0.667. The molecular weight excluding hydrogens is 132 g/mol. The van der Waals surface area contributed by atoms with Crippen LogP contribution in [-0.4, -0.2) is 17.8 Å². The highest BCUT2D eigenvalue weighted by Crippen LogP contribution is 2.08. The Morgan fingerprint density at radius 3 is 3.20 bits per heavy atom. The minimum atomic E-state index is -0.487. The van der Waals surface area contributed by atoms with E-state index in [1.165, 1.54) is 0 Å². The van der Waals surface area contributed by atoms with E-state index in [-0.39, 0.29) is 5.54 Å². The number of hydrogen-bond donors (Lipinski definition) is 1. The molecule has 0 bridgehead atoms. The van der Waals surface area contributed by atoms with Gasteiger partial charge in [-0.05, 0) is 13.8 Å². The van der Waals surface area contributed by atoms with E-state index in [1.54, 1.807) is 6.21 Å². The zero-order valence-electron chi connectivity index (χ0n) is 6.05. The maximum absolute atomic E-state index is 10.7. The molecule has 0 unspecified atom stereocenters. The van der Waals surface area contributed by atoms with Gasteiger partial charge in [-0.2, -0.15) is 0 Å². The molecule has 1 aliphatic heterocycles. The molecule has 1 aliphatic rings. The zero-order chi connectivity index (χ0) is 7.61. The molecule has 0 radical (unpaired) electrons. The van der Waals surface area contributed by atoms with E-state index < -0.39 is 6.09 Å². The summed E-state index contributed by atoms with van der Waals surface area (Å²) in [6.45, 7) is 3.82. The number of carbonyl (C=O) groups excluding carboxylic acids is 1. The smallest absolute Gasteiger partial charge is 0.314 e. The topological polar surface area (TPSA) is 50.7 Å². The van der Waals surface area contributed by atoms with Crippen LogP contribution in [0.5, 0.6) is 0 Å². The molecular formula is C6H10N2O2. The molecule has 0 aromatic rings. The van der Waals surface area contributed by atoms with Crippen molar-refractivity contribution >= 4 is 12.3 Å². The molecule has 0 aromatic carbocycles. The van der Waals surface area contributed by atoms with E-state index in [2.05, 4.69) is 15.3 Å². The van der Waals surface area contributed by atoms with Crippen molar-refractivity contribution in [3.63, 3.8) is 0 Å². The van der Waals surface area contributed by atoms with Crippen molar-refractivity contribution in [1.82, 2.24) is 5.32 Å². The van der Waals surface area contributed by atoms with Crippen LogP contribution < -0.4 is 5.32 Å². The molecule has 4 nitrogen and oxygen atoms in total. The summed E-state index contributed by atoms with van der Waals surface area (Å²) in [6, 6.07) is 0. The second-order valence-electron chi connectivity index (χ2n) is 2.88. The van der Waals surface area contributed by atoms with Crippen molar-refractivity contribution < 1.29 is 9.63 Å². The second kappa shape index (κ2) is 2.28. The average molecular weight is 142 g/mol. The highest BCUT2D eigenvalue weighted by atomic mass is 16.7. The van der Waals surface area contributed by atoms with Crippen LogP contribution in [0.1, 0.15) is 20.3 Å². The van der Waals surface area contributed by atoms with Crippen molar-refractivity contribution in [2.24, 2.45) is 5.16 Å². The number of rotatable bonds is 0. The summed E-state index contributed by atoms with van der Waals surface area (Å²) < 4.78 is 0. The fourth-order valence-corrected chi connectivity index (χ4v) is 0.701. The summed E-state index contributed by atoms with van der Waals surface area (Å²) in [6.07, 6.45) is 1.79. The summed E-state index contributed by atoms with van der Waals surface area (Å²) in [7, 11) is 0. The molecule has 1 heterocycles. The molecule has 0 saturated carbocycles. The van der Waals surface area contributed by atoms with Gasteiger partial charge in [-0.25, -0.2) is 4.79 Å². The Kier molecular flexibility index (Phi) is 1.61. The largest absolute Gasteiger partial charge is 0.433 e. The van der Waals surface area contributed by atoms with Crippen LogP contribution in [0.15, 0.2) is 5.16 Å². The predicted molar refractivity (Wildman–Crippen MR) is 36.8 cm³/mol. The van der Waals surface area contributed by atoms with Crippen molar-refractivity contribution in [1.29, 1.82) is 0 Å². The highest BCUT2D eigenvalue weighted by Gasteiger charge is 2.22. The molecule has 0 atom stereocenters. The van der Waals surface area contributed by atoms with Gasteiger partial charge in [0, 0.05) is 18.2 Å². The third-order valence-electron chi connectivity index (χ3n) is 1.25. The first-order valence-corrected chi connectivity index (χ1v) is 3.11. The Hall–Kier alpha value is -1.06. The summed E-state index contributed by atoms with van der Waals surface area (Å²) in [4.78, 5) is 15.0. The normalized spacial score (nSPS) is 22.8. The molecule has 0 saturated heterocycles. The van der Waals surface area contributed by atoms with E-state index in [1.807, 2.05) is 13.8 Å². The third kappa shape index (κ3) is 1.72. The van der Waals surface area contributed by atoms with E-state index in [0.29, 0.717) is 6.42 Å². The number of oxime groups is 1. The van der Waals surface area contributed by atoms with E-state index >= 15 is 0 Å². The minimum absolute atomic E-state index is 0.239. The SMILES string of the molecule is CC1(C)CC=NOC(=O)N1. The Morgan fingerprint density at radius 1 is 1.80 bits per heavy atom. The number of nitrogens with one attached hydrogen (secondary N) is 1. The Bertz CT molecular complexity index is 175. The molecule has 0 aromatic heterocycles. The standard InChI is InChI=1S/C6H10N2O2/c1-6(2)3-4-7-10-5(9)8-6/h4H,3H2,1-2H3,(H,8,9). The number of hydrogen-bond acceptors (Lipinski definition) is 3. The molecule has 1 rings (SSSR count). The van der Waals surface area contributed by atoms with Crippen LogP contribution in [0.4, 0.5) is 4.79 Å². The average Bonchev–Trinajstić information content (AvgIpc) is 1.90. The summed E-state index contributed by atoms with van der Waals surface area (Å²) in [5, 5.41) is 6.04. The van der Waals surface area contributed by atoms with Gasteiger partial charge in [0.15, 0.2) is 0 Å². The molecule has 0 fully saturated rings.